The van der Waals surface area contributed by atoms with Crippen molar-refractivity contribution in [3.8, 4) is 0 Å². The molecule has 1 fully saturated rings. The van der Waals surface area contributed by atoms with Gasteiger partial charge >= 0.3 is 5.97 Å². The Labute approximate surface area is 104 Å². The summed E-state index contributed by atoms with van der Waals surface area (Å²) in [6.45, 7) is 1.32. The predicted octanol–water partition coefficient (Wildman–Crippen LogP) is 1.61. The van der Waals surface area contributed by atoms with Gasteiger partial charge in [-0.3, -0.25) is 9.78 Å². The number of pyridine rings is 1. The smallest absolute Gasteiger partial charge is 0.308 e. The second kappa shape index (κ2) is 4.42. The number of carboxylic acid groups (broad SMARTS) is 1. The molecule has 2 atom stereocenters. The number of furan rings is 1. The summed E-state index contributed by atoms with van der Waals surface area (Å²) >= 11 is 0. The van der Waals surface area contributed by atoms with Crippen LogP contribution in [-0.2, 0) is 4.79 Å². The summed E-state index contributed by atoms with van der Waals surface area (Å²) < 4.78 is 5.34. The van der Waals surface area contributed by atoms with E-state index in [1.54, 1.807) is 18.5 Å². The van der Waals surface area contributed by atoms with Crippen LogP contribution < -0.4 is 5.32 Å². The molecule has 1 aliphatic rings. The number of nitrogens with one attached hydrogen (secondary N) is 1. The minimum absolute atomic E-state index is 0.0509. The number of hydrogen-bond donors (Lipinski definition) is 2. The summed E-state index contributed by atoms with van der Waals surface area (Å²) in [5.41, 5.74) is 1.61. The van der Waals surface area contributed by atoms with Gasteiger partial charge in [-0.1, -0.05) is 0 Å². The lowest BCUT2D eigenvalue weighted by molar-refractivity contribution is -0.143. The third-order valence-corrected chi connectivity index (χ3v) is 3.56. The molecule has 5 heteroatoms. The number of piperidine rings is 1. The van der Waals surface area contributed by atoms with Gasteiger partial charge in [0.1, 0.15) is 5.58 Å². The molecule has 3 rings (SSSR count). The lowest BCUT2D eigenvalue weighted by atomic mass is 9.83. The Bertz CT molecular complexity index is 578. The fraction of sp³-hybridized carbons (Fsp3) is 0.385. The van der Waals surface area contributed by atoms with Crippen molar-refractivity contribution in [3.05, 3.63) is 30.3 Å². The van der Waals surface area contributed by atoms with Crippen LogP contribution in [-0.4, -0.2) is 29.1 Å². The van der Waals surface area contributed by atoms with Crippen molar-refractivity contribution in [2.45, 2.75) is 12.3 Å². The van der Waals surface area contributed by atoms with Gasteiger partial charge in [0.2, 0.25) is 0 Å². The molecule has 0 bridgehead atoms. The van der Waals surface area contributed by atoms with E-state index in [9.17, 15) is 9.90 Å². The Balaban J connectivity index is 2.06. The quantitative estimate of drug-likeness (QED) is 0.841. The van der Waals surface area contributed by atoms with Crippen LogP contribution >= 0.6 is 0 Å². The molecule has 2 aromatic rings. The average Bonchev–Trinajstić information content (AvgIpc) is 2.86. The van der Waals surface area contributed by atoms with Crippen molar-refractivity contribution >= 4 is 16.9 Å². The molecule has 0 radical (unpaired) electrons. The number of carboxylic acids is 1. The molecule has 3 heterocycles. The monoisotopic (exact) mass is 246 g/mol. The van der Waals surface area contributed by atoms with Crippen LogP contribution in [0, 0.1) is 5.92 Å². The number of nitrogens with zero attached hydrogens (tertiary/aromatic N) is 1. The molecule has 0 amide bonds. The van der Waals surface area contributed by atoms with Crippen molar-refractivity contribution in [2.75, 3.05) is 13.1 Å². The van der Waals surface area contributed by atoms with E-state index in [2.05, 4.69) is 10.3 Å². The third-order valence-electron chi connectivity index (χ3n) is 3.56. The van der Waals surface area contributed by atoms with Gasteiger partial charge in [-0.15, -0.1) is 0 Å². The molecule has 94 valence electrons. The second-order valence-electron chi connectivity index (χ2n) is 4.57. The van der Waals surface area contributed by atoms with E-state index in [1.807, 2.05) is 6.07 Å². The summed E-state index contributed by atoms with van der Waals surface area (Å²) in [6.07, 6.45) is 4.09. The highest BCUT2D eigenvalue weighted by molar-refractivity contribution is 5.81. The zero-order valence-electron chi connectivity index (χ0n) is 9.80. The molecule has 2 aromatic heterocycles. The van der Waals surface area contributed by atoms with E-state index in [-0.39, 0.29) is 5.92 Å². The van der Waals surface area contributed by atoms with Gasteiger partial charge in [0.15, 0.2) is 0 Å². The summed E-state index contributed by atoms with van der Waals surface area (Å²) in [7, 11) is 0. The van der Waals surface area contributed by atoms with Gasteiger partial charge < -0.3 is 14.8 Å². The fourth-order valence-electron chi connectivity index (χ4n) is 2.66. The maximum absolute atomic E-state index is 11.3. The van der Waals surface area contributed by atoms with Gasteiger partial charge in [0.25, 0.3) is 0 Å². The van der Waals surface area contributed by atoms with Gasteiger partial charge in [-0.25, -0.2) is 0 Å². The number of hydrogen-bond acceptors (Lipinski definition) is 4. The Kier molecular flexibility index (Phi) is 2.76. The maximum atomic E-state index is 11.3. The topological polar surface area (TPSA) is 75.4 Å². The van der Waals surface area contributed by atoms with Crippen molar-refractivity contribution < 1.29 is 14.3 Å². The van der Waals surface area contributed by atoms with Crippen LogP contribution in [0.1, 0.15) is 18.0 Å². The summed E-state index contributed by atoms with van der Waals surface area (Å²) in [5.74, 6) is -1.24. The number of aromatic nitrogens is 1. The van der Waals surface area contributed by atoms with Crippen molar-refractivity contribution in [3.63, 3.8) is 0 Å². The number of carbonyl (C=O) groups is 1. The molecule has 0 spiro atoms. The summed E-state index contributed by atoms with van der Waals surface area (Å²) in [4.78, 5) is 15.7. The van der Waals surface area contributed by atoms with E-state index in [0.717, 1.165) is 29.6 Å². The third kappa shape index (κ3) is 1.76. The van der Waals surface area contributed by atoms with E-state index >= 15 is 0 Å². The Morgan fingerprint density at radius 2 is 2.39 bits per heavy atom. The molecule has 5 nitrogen and oxygen atoms in total. The van der Waals surface area contributed by atoms with Gasteiger partial charge in [0.05, 0.1) is 17.9 Å². The first kappa shape index (κ1) is 11.2. The molecule has 0 saturated carbocycles. The van der Waals surface area contributed by atoms with Crippen molar-refractivity contribution in [2.24, 2.45) is 5.92 Å². The summed E-state index contributed by atoms with van der Waals surface area (Å²) in [6, 6.07) is 3.66. The maximum Gasteiger partial charge on any atom is 0.308 e. The Morgan fingerprint density at radius 3 is 3.22 bits per heavy atom. The Morgan fingerprint density at radius 1 is 1.50 bits per heavy atom. The van der Waals surface area contributed by atoms with Gasteiger partial charge in [-0.2, -0.15) is 0 Å². The molecule has 18 heavy (non-hydrogen) atoms. The predicted molar refractivity (Wildman–Crippen MR) is 65.4 cm³/mol. The molecule has 1 saturated heterocycles. The zero-order valence-corrected chi connectivity index (χ0v) is 9.80. The number of fused-ring (bicyclic) bond motifs is 1. The van der Waals surface area contributed by atoms with Crippen LogP contribution in [0.2, 0.25) is 0 Å². The normalized spacial score (nSPS) is 24.2. The van der Waals surface area contributed by atoms with Crippen LogP contribution in [0.5, 0.6) is 0 Å². The molecular weight excluding hydrogens is 232 g/mol. The summed E-state index contributed by atoms with van der Waals surface area (Å²) in [5, 5.41) is 13.4. The molecule has 2 N–H and O–H groups in total. The van der Waals surface area contributed by atoms with Crippen LogP contribution in [0.15, 0.2) is 29.0 Å². The van der Waals surface area contributed by atoms with Gasteiger partial charge in [0, 0.05) is 24.0 Å². The van der Waals surface area contributed by atoms with Crippen LogP contribution in [0.25, 0.3) is 11.0 Å². The SMILES string of the molecule is O=C(O)C1CNCCC1c1nccc2occc12. The van der Waals surface area contributed by atoms with Gasteiger partial charge in [-0.05, 0) is 25.1 Å². The first-order chi connectivity index (χ1) is 8.77. The number of aliphatic carboxylic acids is 1. The van der Waals surface area contributed by atoms with Crippen molar-refractivity contribution in [1.29, 1.82) is 0 Å². The van der Waals surface area contributed by atoms with E-state index in [1.165, 1.54) is 0 Å². The largest absolute Gasteiger partial charge is 0.481 e. The molecule has 0 aromatic carbocycles. The highest BCUT2D eigenvalue weighted by Crippen LogP contribution is 2.33. The average molecular weight is 246 g/mol. The van der Waals surface area contributed by atoms with Crippen LogP contribution in [0.3, 0.4) is 0 Å². The lowest BCUT2D eigenvalue weighted by Gasteiger charge is -2.29. The van der Waals surface area contributed by atoms with E-state index in [0.29, 0.717) is 6.54 Å². The van der Waals surface area contributed by atoms with E-state index in [4.69, 9.17) is 4.42 Å². The first-order valence-electron chi connectivity index (χ1n) is 6.03. The standard InChI is InChI=1S/C13H14N2O3/c16-13(17)10-7-14-4-1-8(10)12-9-3-6-18-11(9)2-5-15-12/h2-3,5-6,8,10,14H,1,4,7H2,(H,16,17). The number of rotatable bonds is 2. The second-order valence-corrected chi connectivity index (χ2v) is 4.57. The zero-order chi connectivity index (χ0) is 12.5. The molecular formula is C13H14N2O3. The highest BCUT2D eigenvalue weighted by atomic mass is 16.4. The Hall–Kier alpha value is -1.88. The minimum atomic E-state index is -0.769. The van der Waals surface area contributed by atoms with E-state index < -0.39 is 11.9 Å². The molecule has 0 aliphatic carbocycles. The molecule has 1 aliphatic heterocycles. The van der Waals surface area contributed by atoms with Crippen molar-refractivity contribution in [1.82, 2.24) is 10.3 Å². The molecule has 2 unspecified atom stereocenters. The van der Waals surface area contributed by atoms with Crippen LogP contribution in [0.4, 0.5) is 0 Å². The lowest BCUT2D eigenvalue weighted by Crippen LogP contribution is -2.40. The highest BCUT2D eigenvalue weighted by Gasteiger charge is 2.33. The minimum Gasteiger partial charge on any atom is -0.481 e. The first-order valence-corrected chi connectivity index (χ1v) is 6.03. The fourth-order valence-corrected chi connectivity index (χ4v) is 2.66.